The Hall–Kier alpha value is -1.07. The average molecular weight is 329 g/mol. The fourth-order valence-corrected chi connectivity index (χ4v) is 3.25. The summed E-state index contributed by atoms with van der Waals surface area (Å²) in [7, 11) is 2.00. The molecule has 0 saturated carbocycles. The second kappa shape index (κ2) is 8.53. The van der Waals surface area contributed by atoms with Crippen molar-refractivity contribution in [3.8, 4) is 0 Å². The van der Waals surface area contributed by atoms with E-state index in [-0.39, 0.29) is 18.3 Å². The van der Waals surface area contributed by atoms with Gasteiger partial charge in [0, 0.05) is 25.3 Å². The van der Waals surface area contributed by atoms with Gasteiger partial charge in [0.1, 0.15) is 0 Å². The highest BCUT2D eigenvalue weighted by atomic mass is 35.5. The lowest BCUT2D eigenvalue weighted by Gasteiger charge is -2.32. The van der Waals surface area contributed by atoms with E-state index in [1.54, 1.807) is 0 Å². The Balaban J connectivity index is 0.00000242. The minimum atomic E-state index is 0. The number of aromatic nitrogens is 2. The number of piperidine rings is 1. The molecule has 0 atom stereocenters. The summed E-state index contributed by atoms with van der Waals surface area (Å²) in [5, 5.41) is 7.67. The highest BCUT2D eigenvalue weighted by Gasteiger charge is 2.27. The molecule has 0 aliphatic carbocycles. The third kappa shape index (κ3) is 4.02. The van der Waals surface area contributed by atoms with Crippen molar-refractivity contribution in [1.29, 1.82) is 0 Å². The Morgan fingerprint density at radius 3 is 2.45 bits per heavy atom. The standard InChI is InChI=1S/C16H28N4O.ClH/c1-5-20-13(3)15(12(2)18-20)16(21)19-10-7-14(8-11-19)6-9-17-4;/h14,17H,5-11H2,1-4H3;1H. The first-order valence-electron chi connectivity index (χ1n) is 8.06. The summed E-state index contributed by atoms with van der Waals surface area (Å²) >= 11 is 0. The van der Waals surface area contributed by atoms with E-state index in [2.05, 4.69) is 17.3 Å². The number of hydrogen-bond acceptors (Lipinski definition) is 3. The number of nitrogens with zero attached hydrogens (tertiary/aromatic N) is 3. The van der Waals surface area contributed by atoms with Crippen molar-refractivity contribution in [3.63, 3.8) is 0 Å². The van der Waals surface area contributed by atoms with Gasteiger partial charge in [0.15, 0.2) is 0 Å². The summed E-state index contributed by atoms with van der Waals surface area (Å²) in [6, 6.07) is 0. The van der Waals surface area contributed by atoms with Crippen LogP contribution >= 0.6 is 12.4 Å². The zero-order valence-corrected chi connectivity index (χ0v) is 15.0. The van der Waals surface area contributed by atoms with Gasteiger partial charge in [0.25, 0.3) is 5.91 Å². The van der Waals surface area contributed by atoms with E-state index in [9.17, 15) is 4.79 Å². The number of halogens is 1. The maximum atomic E-state index is 12.8. The number of amides is 1. The van der Waals surface area contributed by atoms with E-state index in [1.807, 2.05) is 30.5 Å². The summed E-state index contributed by atoms with van der Waals surface area (Å²) in [5.74, 6) is 0.916. The molecule has 0 spiro atoms. The lowest BCUT2D eigenvalue weighted by atomic mass is 9.93. The van der Waals surface area contributed by atoms with E-state index in [0.29, 0.717) is 0 Å². The van der Waals surface area contributed by atoms with Crippen LogP contribution in [0.3, 0.4) is 0 Å². The Bertz CT molecular complexity index is 493. The van der Waals surface area contributed by atoms with Crippen molar-refractivity contribution < 1.29 is 4.79 Å². The first kappa shape index (κ1) is 19.0. The van der Waals surface area contributed by atoms with Crippen LogP contribution in [0.25, 0.3) is 0 Å². The van der Waals surface area contributed by atoms with Crippen LogP contribution in [0.2, 0.25) is 0 Å². The SMILES string of the molecule is CCn1nc(C)c(C(=O)N2CCC(CCNC)CC2)c1C.Cl. The quantitative estimate of drug-likeness (QED) is 0.903. The number of carbonyl (C=O) groups is 1. The molecule has 1 aromatic rings. The molecule has 1 fully saturated rings. The lowest BCUT2D eigenvalue weighted by Crippen LogP contribution is -2.39. The molecule has 22 heavy (non-hydrogen) atoms. The molecule has 1 N–H and O–H groups in total. The van der Waals surface area contributed by atoms with Crippen LogP contribution in [-0.4, -0.2) is 47.3 Å². The second-order valence-corrected chi connectivity index (χ2v) is 5.99. The van der Waals surface area contributed by atoms with E-state index >= 15 is 0 Å². The average Bonchev–Trinajstić information content (AvgIpc) is 2.79. The molecule has 126 valence electrons. The first-order chi connectivity index (χ1) is 10.1. The van der Waals surface area contributed by atoms with Gasteiger partial charge >= 0.3 is 0 Å². The Labute approximate surface area is 139 Å². The Morgan fingerprint density at radius 2 is 1.95 bits per heavy atom. The van der Waals surface area contributed by atoms with Crippen molar-refractivity contribution in [2.45, 2.75) is 46.6 Å². The van der Waals surface area contributed by atoms with Crippen LogP contribution in [0.5, 0.6) is 0 Å². The van der Waals surface area contributed by atoms with Gasteiger partial charge in [-0.15, -0.1) is 12.4 Å². The molecule has 2 heterocycles. The van der Waals surface area contributed by atoms with Gasteiger partial charge in [-0.1, -0.05) is 0 Å². The van der Waals surface area contributed by atoms with Gasteiger partial charge in [-0.3, -0.25) is 9.48 Å². The number of aryl methyl sites for hydroxylation is 2. The first-order valence-corrected chi connectivity index (χ1v) is 8.06. The lowest BCUT2D eigenvalue weighted by molar-refractivity contribution is 0.0685. The maximum Gasteiger partial charge on any atom is 0.257 e. The topological polar surface area (TPSA) is 50.2 Å². The van der Waals surface area contributed by atoms with E-state index < -0.39 is 0 Å². The van der Waals surface area contributed by atoms with Crippen LogP contribution in [0.15, 0.2) is 0 Å². The van der Waals surface area contributed by atoms with E-state index in [0.717, 1.165) is 61.9 Å². The maximum absolute atomic E-state index is 12.8. The van der Waals surface area contributed by atoms with Crippen LogP contribution < -0.4 is 5.32 Å². The Kier molecular flexibility index (Phi) is 7.36. The third-order valence-corrected chi connectivity index (χ3v) is 4.60. The fraction of sp³-hybridized carbons (Fsp3) is 0.750. The summed E-state index contributed by atoms with van der Waals surface area (Å²) in [6.07, 6.45) is 3.45. The molecular formula is C16H29ClN4O. The van der Waals surface area contributed by atoms with Gasteiger partial charge in [0.2, 0.25) is 0 Å². The molecule has 0 radical (unpaired) electrons. The summed E-state index contributed by atoms with van der Waals surface area (Å²) in [5.41, 5.74) is 2.67. The van der Waals surface area contributed by atoms with Gasteiger partial charge in [-0.05, 0) is 59.5 Å². The predicted octanol–water partition coefficient (Wildman–Crippen LogP) is 2.40. The highest BCUT2D eigenvalue weighted by molar-refractivity contribution is 5.96. The van der Waals surface area contributed by atoms with Crippen molar-refractivity contribution >= 4 is 18.3 Å². The molecule has 1 aromatic heterocycles. The van der Waals surface area contributed by atoms with Gasteiger partial charge < -0.3 is 10.2 Å². The number of carbonyl (C=O) groups excluding carboxylic acids is 1. The molecule has 5 nitrogen and oxygen atoms in total. The molecule has 0 bridgehead atoms. The van der Waals surface area contributed by atoms with Crippen LogP contribution in [0.1, 0.15) is 47.9 Å². The van der Waals surface area contributed by atoms with Crippen molar-refractivity contribution in [1.82, 2.24) is 20.0 Å². The molecule has 2 rings (SSSR count). The zero-order valence-electron chi connectivity index (χ0n) is 14.2. The fourth-order valence-electron chi connectivity index (χ4n) is 3.25. The molecule has 1 aliphatic heterocycles. The number of hydrogen-bond donors (Lipinski definition) is 1. The van der Waals surface area contributed by atoms with Crippen molar-refractivity contribution in [2.24, 2.45) is 5.92 Å². The third-order valence-electron chi connectivity index (χ3n) is 4.60. The van der Waals surface area contributed by atoms with Crippen LogP contribution in [-0.2, 0) is 6.54 Å². The minimum absolute atomic E-state index is 0. The molecule has 1 aliphatic rings. The number of rotatable bonds is 5. The number of likely N-dealkylation sites (tertiary alicyclic amines) is 1. The summed E-state index contributed by atoms with van der Waals surface area (Å²) in [6.45, 7) is 9.63. The Morgan fingerprint density at radius 1 is 1.32 bits per heavy atom. The monoisotopic (exact) mass is 328 g/mol. The van der Waals surface area contributed by atoms with E-state index in [4.69, 9.17) is 0 Å². The van der Waals surface area contributed by atoms with Crippen LogP contribution in [0, 0.1) is 19.8 Å². The molecular weight excluding hydrogens is 300 g/mol. The molecule has 6 heteroatoms. The minimum Gasteiger partial charge on any atom is -0.339 e. The van der Waals surface area contributed by atoms with Gasteiger partial charge in [0.05, 0.1) is 11.3 Å². The zero-order chi connectivity index (χ0) is 15.4. The predicted molar refractivity (Wildman–Crippen MR) is 91.8 cm³/mol. The summed E-state index contributed by atoms with van der Waals surface area (Å²) < 4.78 is 1.92. The largest absolute Gasteiger partial charge is 0.339 e. The van der Waals surface area contributed by atoms with Crippen LogP contribution in [0.4, 0.5) is 0 Å². The number of nitrogens with one attached hydrogen (secondary N) is 1. The van der Waals surface area contributed by atoms with Gasteiger partial charge in [-0.25, -0.2) is 0 Å². The normalized spacial score (nSPS) is 15.7. The smallest absolute Gasteiger partial charge is 0.257 e. The van der Waals surface area contributed by atoms with Crippen molar-refractivity contribution in [3.05, 3.63) is 17.0 Å². The van der Waals surface area contributed by atoms with Crippen molar-refractivity contribution in [2.75, 3.05) is 26.7 Å². The molecule has 1 saturated heterocycles. The second-order valence-electron chi connectivity index (χ2n) is 5.99. The molecule has 1 amide bonds. The summed E-state index contributed by atoms with van der Waals surface area (Å²) in [4.78, 5) is 14.8. The molecule has 0 unspecified atom stereocenters. The molecule has 0 aromatic carbocycles. The van der Waals surface area contributed by atoms with E-state index in [1.165, 1.54) is 6.42 Å². The van der Waals surface area contributed by atoms with Gasteiger partial charge in [-0.2, -0.15) is 5.10 Å². The highest BCUT2D eigenvalue weighted by Crippen LogP contribution is 2.23.